The predicted molar refractivity (Wildman–Crippen MR) is 90.6 cm³/mol. The van der Waals surface area contributed by atoms with E-state index >= 15 is 0 Å². The van der Waals surface area contributed by atoms with Gasteiger partial charge in [-0.1, -0.05) is 0 Å². The van der Waals surface area contributed by atoms with Crippen molar-refractivity contribution < 1.29 is 19.1 Å². The number of hydrogen-bond donors (Lipinski definition) is 2. The minimum atomic E-state index is -0.899. The van der Waals surface area contributed by atoms with Gasteiger partial charge in [0.25, 0.3) is 5.91 Å². The van der Waals surface area contributed by atoms with Gasteiger partial charge in [-0.2, -0.15) is 0 Å². The van der Waals surface area contributed by atoms with E-state index in [0.29, 0.717) is 22.0 Å². The van der Waals surface area contributed by atoms with Gasteiger partial charge < -0.3 is 10.4 Å². The Morgan fingerprint density at radius 3 is 2.50 bits per heavy atom. The molecule has 0 saturated heterocycles. The summed E-state index contributed by atoms with van der Waals surface area (Å²) in [4.78, 5) is 28.2. The Hall–Kier alpha value is -2.28. The first-order chi connectivity index (χ1) is 11.2. The van der Waals surface area contributed by atoms with Crippen LogP contribution in [0.3, 0.4) is 0 Å². The summed E-state index contributed by atoms with van der Waals surface area (Å²) >= 11 is 1.23. The lowest BCUT2D eigenvalue weighted by Gasteiger charge is -2.18. The van der Waals surface area contributed by atoms with Crippen LogP contribution in [-0.2, 0) is 4.79 Å². The molecule has 0 spiro atoms. The molecule has 0 bridgehead atoms. The Morgan fingerprint density at radius 1 is 1.29 bits per heavy atom. The Morgan fingerprint density at radius 2 is 1.92 bits per heavy atom. The van der Waals surface area contributed by atoms with Crippen molar-refractivity contribution in [3.63, 3.8) is 0 Å². The van der Waals surface area contributed by atoms with Gasteiger partial charge in [0, 0.05) is 12.1 Å². The van der Waals surface area contributed by atoms with Crippen LogP contribution in [0.4, 0.5) is 4.39 Å². The quantitative estimate of drug-likeness (QED) is 0.836. The molecule has 0 aliphatic carbocycles. The van der Waals surface area contributed by atoms with Crippen LogP contribution >= 0.6 is 11.3 Å². The molecule has 128 valence electrons. The second-order valence-corrected chi connectivity index (χ2v) is 7.13. The Kier molecular flexibility index (Phi) is 5.33. The lowest BCUT2D eigenvalue weighted by molar-refractivity contribution is -0.147. The van der Waals surface area contributed by atoms with E-state index < -0.39 is 11.4 Å². The third-order valence-corrected chi connectivity index (χ3v) is 4.91. The van der Waals surface area contributed by atoms with Crippen molar-refractivity contribution in [3.8, 4) is 10.6 Å². The monoisotopic (exact) mass is 350 g/mol. The van der Waals surface area contributed by atoms with Crippen LogP contribution in [0.25, 0.3) is 10.6 Å². The van der Waals surface area contributed by atoms with E-state index in [9.17, 15) is 14.0 Å². The zero-order chi connectivity index (χ0) is 17.9. The second kappa shape index (κ2) is 7.09. The highest BCUT2D eigenvalue weighted by Gasteiger charge is 2.27. The van der Waals surface area contributed by atoms with E-state index in [1.807, 2.05) is 0 Å². The molecule has 0 unspecified atom stereocenters. The van der Waals surface area contributed by atoms with Crippen LogP contribution in [0.5, 0.6) is 0 Å². The van der Waals surface area contributed by atoms with E-state index in [0.717, 1.165) is 5.56 Å². The smallest absolute Gasteiger partial charge is 0.309 e. The standard InChI is InChI=1S/C17H19FN2O3S/c1-10-13(14(21)19-9-8-17(2,3)16(22)23)24-15(20-10)11-4-6-12(18)7-5-11/h4-7H,8-9H2,1-3H3,(H,19,21)(H,22,23). The molecule has 1 aromatic carbocycles. The minimum absolute atomic E-state index is 0.265. The number of nitrogens with one attached hydrogen (secondary N) is 1. The Balaban J connectivity index is 2.05. The minimum Gasteiger partial charge on any atom is -0.481 e. The second-order valence-electron chi connectivity index (χ2n) is 6.14. The van der Waals surface area contributed by atoms with Crippen molar-refractivity contribution in [3.05, 3.63) is 40.7 Å². The first-order valence-electron chi connectivity index (χ1n) is 7.45. The molecule has 1 heterocycles. The Labute approximate surface area is 143 Å². The fourth-order valence-corrected chi connectivity index (χ4v) is 2.99. The number of aliphatic carboxylic acids is 1. The lowest BCUT2D eigenvalue weighted by Crippen LogP contribution is -2.31. The lowest BCUT2D eigenvalue weighted by atomic mass is 9.90. The number of rotatable bonds is 6. The molecule has 0 fully saturated rings. The topological polar surface area (TPSA) is 79.3 Å². The SMILES string of the molecule is Cc1nc(-c2ccc(F)cc2)sc1C(=O)NCCC(C)(C)C(=O)O. The number of thiazole rings is 1. The highest BCUT2D eigenvalue weighted by molar-refractivity contribution is 7.17. The number of aromatic nitrogens is 1. The maximum absolute atomic E-state index is 13.0. The third kappa shape index (κ3) is 4.17. The normalized spacial score (nSPS) is 11.3. The van der Waals surface area contributed by atoms with E-state index in [2.05, 4.69) is 10.3 Å². The molecule has 5 nitrogen and oxygen atoms in total. The molecule has 2 aromatic rings. The third-order valence-electron chi connectivity index (χ3n) is 3.71. The highest BCUT2D eigenvalue weighted by atomic mass is 32.1. The predicted octanol–water partition coefficient (Wildman–Crippen LogP) is 3.49. The van der Waals surface area contributed by atoms with Crippen LogP contribution in [0, 0.1) is 18.2 Å². The molecular weight excluding hydrogens is 331 g/mol. The number of carbonyl (C=O) groups is 2. The summed E-state index contributed by atoms with van der Waals surface area (Å²) in [5.74, 6) is -1.50. The summed E-state index contributed by atoms with van der Waals surface area (Å²) in [7, 11) is 0. The van der Waals surface area contributed by atoms with Crippen molar-refractivity contribution in [2.75, 3.05) is 6.54 Å². The van der Waals surface area contributed by atoms with Gasteiger partial charge in [-0.25, -0.2) is 9.37 Å². The van der Waals surface area contributed by atoms with Gasteiger partial charge in [0.05, 0.1) is 11.1 Å². The number of halogens is 1. The summed E-state index contributed by atoms with van der Waals surface area (Å²) in [6.45, 7) is 5.24. The molecule has 24 heavy (non-hydrogen) atoms. The van der Waals surface area contributed by atoms with Gasteiger partial charge in [0.2, 0.25) is 0 Å². The zero-order valence-electron chi connectivity index (χ0n) is 13.7. The highest BCUT2D eigenvalue weighted by Crippen LogP contribution is 2.28. The molecular formula is C17H19FN2O3S. The van der Waals surface area contributed by atoms with Gasteiger partial charge in [-0.3, -0.25) is 9.59 Å². The largest absolute Gasteiger partial charge is 0.481 e. The van der Waals surface area contributed by atoms with Gasteiger partial charge >= 0.3 is 5.97 Å². The van der Waals surface area contributed by atoms with E-state index in [1.165, 1.54) is 23.5 Å². The van der Waals surface area contributed by atoms with Crippen molar-refractivity contribution >= 4 is 23.2 Å². The average molecular weight is 350 g/mol. The number of nitrogens with zero attached hydrogens (tertiary/aromatic N) is 1. The van der Waals surface area contributed by atoms with Crippen molar-refractivity contribution in [2.45, 2.75) is 27.2 Å². The summed E-state index contributed by atoms with van der Waals surface area (Å²) in [5, 5.41) is 12.4. The number of amides is 1. The number of aryl methyl sites for hydroxylation is 1. The molecule has 2 rings (SSSR count). The van der Waals surface area contributed by atoms with Crippen molar-refractivity contribution in [1.29, 1.82) is 0 Å². The summed E-state index contributed by atoms with van der Waals surface area (Å²) in [6, 6.07) is 5.93. The summed E-state index contributed by atoms with van der Waals surface area (Å²) in [5.41, 5.74) is 0.444. The van der Waals surface area contributed by atoms with Gasteiger partial charge in [-0.15, -0.1) is 11.3 Å². The summed E-state index contributed by atoms with van der Waals surface area (Å²) < 4.78 is 13.0. The van der Waals surface area contributed by atoms with Crippen LogP contribution in [0.1, 0.15) is 35.6 Å². The number of carboxylic acids is 1. The van der Waals surface area contributed by atoms with E-state index in [4.69, 9.17) is 5.11 Å². The fraction of sp³-hybridized carbons (Fsp3) is 0.353. The molecule has 1 aromatic heterocycles. The molecule has 0 saturated carbocycles. The number of benzene rings is 1. The molecule has 0 aliphatic rings. The molecule has 0 atom stereocenters. The average Bonchev–Trinajstić information content (AvgIpc) is 2.89. The summed E-state index contributed by atoms with van der Waals surface area (Å²) in [6.07, 6.45) is 0.330. The maximum atomic E-state index is 13.0. The Bertz CT molecular complexity index is 754. The number of hydrogen-bond acceptors (Lipinski definition) is 4. The van der Waals surface area contributed by atoms with Crippen LogP contribution in [0.15, 0.2) is 24.3 Å². The van der Waals surface area contributed by atoms with Crippen molar-refractivity contribution in [1.82, 2.24) is 10.3 Å². The molecule has 2 N–H and O–H groups in total. The zero-order valence-corrected chi connectivity index (χ0v) is 14.5. The van der Waals surface area contributed by atoms with Crippen LogP contribution in [0.2, 0.25) is 0 Å². The van der Waals surface area contributed by atoms with Crippen LogP contribution < -0.4 is 5.32 Å². The molecule has 0 aliphatic heterocycles. The molecule has 7 heteroatoms. The molecule has 0 radical (unpaired) electrons. The number of carboxylic acid groups (broad SMARTS) is 1. The first-order valence-corrected chi connectivity index (χ1v) is 8.27. The van der Waals surface area contributed by atoms with Crippen molar-refractivity contribution in [2.24, 2.45) is 5.41 Å². The van der Waals surface area contributed by atoms with Gasteiger partial charge in [0.1, 0.15) is 15.7 Å². The first kappa shape index (κ1) is 18.1. The fourth-order valence-electron chi connectivity index (χ4n) is 2.00. The van der Waals surface area contributed by atoms with Gasteiger partial charge in [-0.05, 0) is 51.5 Å². The number of carbonyl (C=O) groups excluding carboxylic acids is 1. The van der Waals surface area contributed by atoms with Crippen LogP contribution in [-0.4, -0.2) is 28.5 Å². The van der Waals surface area contributed by atoms with E-state index in [1.54, 1.807) is 32.9 Å². The van der Waals surface area contributed by atoms with Gasteiger partial charge in [0.15, 0.2) is 0 Å². The molecule has 1 amide bonds. The van der Waals surface area contributed by atoms with E-state index in [-0.39, 0.29) is 18.3 Å². The maximum Gasteiger partial charge on any atom is 0.309 e.